The van der Waals surface area contributed by atoms with Crippen LogP contribution in [0, 0.1) is 0 Å². The van der Waals surface area contributed by atoms with Crippen LogP contribution in [0.3, 0.4) is 0 Å². The van der Waals surface area contributed by atoms with Crippen LogP contribution < -0.4 is 4.57 Å². The van der Waals surface area contributed by atoms with Gasteiger partial charge < -0.3 is 0 Å². The highest BCUT2D eigenvalue weighted by Crippen LogP contribution is 2.20. The van der Waals surface area contributed by atoms with Gasteiger partial charge in [-0.1, -0.05) is 50.1 Å². The fourth-order valence-corrected chi connectivity index (χ4v) is 3.58. The van der Waals surface area contributed by atoms with Crippen LogP contribution in [0.1, 0.15) is 5.56 Å². The van der Waals surface area contributed by atoms with Gasteiger partial charge >= 0.3 is 0 Å². The topological polar surface area (TPSA) is 3.88 Å². The molecule has 0 radical (unpaired) electrons. The van der Waals surface area contributed by atoms with Crippen LogP contribution in [0.15, 0.2) is 69.9 Å². The monoisotopic (exact) mass is 376 g/mol. The summed E-state index contributed by atoms with van der Waals surface area (Å²) in [4.78, 5) is 0. The minimum atomic E-state index is 0.864. The van der Waals surface area contributed by atoms with E-state index in [1.54, 1.807) is 0 Å². The zero-order valence-corrected chi connectivity index (χ0v) is 13.4. The van der Waals surface area contributed by atoms with Gasteiger partial charge in [-0.3, -0.25) is 0 Å². The van der Waals surface area contributed by atoms with Crippen molar-refractivity contribution in [1.82, 2.24) is 0 Å². The van der Waals surface area contributed by atoms with E-state index in [4.69, 9.17) is 0 Å². The Bertz CT molecular complexity index is 717. The Morgan fingerprint density at radius 1 is 0.842 bits per heavy atom. The van der Waals surface area contributed by atoms with E-state index in [0.717, 1.165) is 15.5 Å². The Balaban J connectivity index is 1.96. The predicted octanol–water partition coefficient (Wildman–Crippen LogP) is 4.70. The highest BCUT2D eigenvalue weighted by atomic mass is 79.9. The van der Waals surface area contributed by atoms with Gasteiger partial charge in [0, 0.05) is 26.0 Å². The zero-order chi connectivity index (χ0) is 13.2. The fraction of sp³-hybridized carbons (Fsp3) is 0.0625. The van der Waals surface area contributed by atoms with E-state index >= 15 is 0 Å². The van der Waals surface area contributed by atoms with E-state index in [0.29, 0.717) is 0 Å². The smallest absolute Gasteiger partial charge is 0.176 e. The molecule has 2 aromatic carbocycles. The Morgan fingerprint density at radius 2 is 1.53 bits per heavy atom. The molecule has 0 aliphatic carbocycles. The summed E-state index contributed by atoms with van der Waals surface area (Å²) in [6.45, 7) is 0.864. The number of nitrogens with zero attached hydrogens (tertiary/aromatic N) is 1. The zero-order valence-electron chi connectivity index (χ0n) is 10.2. The minimum Gasteiger partial charge on any atom is -0.200 e. The molecule has 0 fully saturated rings. The molecule has 0 aliphatic heterocycles. The van der Waals surface area contributed by atoms with Gasteiger partial charge in [0.2, 0.25) is 0 Å². The molecule has 0 atom stereocenters. The highest BCUT2D eigenvalue weighted by Gasteiger charge is 2.06. The van der Waals surface area contributed by atoms with Gasteiger partial charge in [-0.2, -0.15) is 0 Å². The van der Waals surface area contributed by atoms with Gasteiger partial charge in [-0.25, -0.2) is 4.57 Å². The molecule has 0 saturated carbocycles. The van der Waals surface area contributed by atoms with E-state index in [1.165, 1.54) is 16.3 Å². The third-order valence-corrected chi connectivity index (χ3v) is 3.95. The van der Waals surface area contributed by atoms with Gasteiger partial charge in [-0.05, 0) is 29.7 Å². The van der Waals surface area contributed by atoms with E-state index in [-0.39, 0.29) is 0 Å². The molecule has 94 valence electrons. The normalized spacial score (nSPS) is 10.8. The second-order valence-electron chi connectivity index (χ2n) is 4.52. The van der Waals surface area contributed by atoms with E-state index in [1.807, 2.05) is 0 Å². The summed E-state index contributed by atoms with van der Waals surface area (Å²) < 4.78 is 4.40. The van der Waals surface area contributed by atoms with Gasteiger partial charge in [0.05, 0.1) is 0 Å². The molecule has 0 N–H and O–H groups in total. The number of hydrogen-bond acceptors (Lipinski definition) is 0. The number of fused-ring (bicyclic) bond motifs is 1. The lowest BCUT2D eigenvalue weighted by molar-refractivity contribution is -0.687. The maximum atomic E-state index is 3.53. The van der Waals surface area contributed by atoms with E-state index < -0.39 is 0 Å². The summed E-state index contributed by atoms with van der Waals surface area (Å²) in [5.74, 6) is 0. The first-order chi connectivity index (χ1) is 9.20. The molecular weight excluding hydrogens is 366 g/mol. The Labute approximate surface area is 129 Å². The molecule has 0 unspecified atom stereocenters. The summed E-state index contributed by atoms with van der Waals surface area (Å²) in [5, 5.41) is 2.54. The number of pyridine rings is 1. The summed E-state index contributed by atoms with van der Waals surface area (Å²) in [5.41, 5.74) is 1.27. The molecule has 0 aliphatic rings. The third kappa shape index (κ3) is 3.04. The van der Waals surface area contributed by atoms with Gasteiger partial charge in [0.15, 0.2) is 18.9 Å². The average Bonchev–Trinajstić information content (AvgIpc) is 2.37. The number of aromatic nitrogens is 1. The van der Waals surface area contributed by atoms with Crippen molar-refractivity contribution in [3.05, 3.63) is 75.4 Å². The van der Waals surface area contributed by atoms with Gasteiger partial charge in [0.1, 0.15) is 0 Å². The number of halogens is 2. The van der Waals surface area contributed by atoms with Crippen LogP contribution >= 0.6 is 31.9 Å². The second-order valence-corrected chi connectivity index (χ2v) is 6.36. The van der Waals surface area contributed by atoms with Gasteiger partial charge in [-0.15, -0.1) is 0 Å². The molecule has 0 saturated heterocycles. The summed E-state index contributed by atoms with van der Waals surface area (Å²) in [6.07, 6.45) is 4.31. The molecule has 1 nitrogen and oxygen atoms in total. The van der Waals surface area contributed by atoms with Gasteiger partial charge in [0.25, 0.3) is 0 Å². The van der Waals surface area contributed by atoms with Crippen molar-refractivity contribution < 1.29 is 4.57 Å². The highest BCUT2D eigenvalue weighted by molar-refractivity contribution is 9.11. The minimum absolute atomic E-state index is 0.864. The molecule has 3 rings (SSSR count). The SMILES string of the molecule is Brc1cc(Br)cc(C[n+]2ccc3ccccc3c2)c1. The molecule has 19 heavy (non-hydrogen) atoms. The summed E-state index contributed by atoms with van der Waals surface area (Å²) >= 11 is 7.05. The summed E-state index contributed by atoms with van der Waals surface area (Å²) in [6, 6.07) is 16.9. The molecule has 0 bridgehead atoms. The Morgan fingerprint density at radius 3 is 2.26 bits per heavy atom. The predicted molar refractivity (Wildman–Crippen MR) is 85.1 cm³/mol. The average molecular weight is 378 g/mol. The maximum absolute atomic E-state index is 3.53. The number of hydrogen-bond donors (Lipinski definition) is 0. The first kappa shape index (κ1) is 12.8. The maximum Gasteiger partial charge on any atom is 0.176 e. The van der Waals surface area contributed by atoms with Crippen molar-refractivity contribution >= 4 is 42.6 Å². The molecular formula is C16H12Br2N+. The third-order valence-electron chi connectivity index (χ3n) is 3.03. The quantitative estimate of drug-likeness (QED) is 0.570. The van der Waals surface area contributed by atoms with Crippen molar-refractivity contribution in [2.75, 3.05) is 0 Å². The van der Waals surface area contributed by atoms with E-state index in [2.05, 4.69) is 97.4 Å². The number of benzene rings is 2. The van der Waals surface area contributed by atoms with Crippen molar-refractivity contribution in [3.63, 3.8) is 0 Å². The van der Waals surface area contributed by atoms with Crippen LogP contribution in [0.5, 0.6) is 0 Å². The van der Waals surface area contributed by atoms with Crippen molar-refractivity contribution in [2.24, 2.45) is 0 Å². The van der Waals surface area contributed by atoms with Crippen LogP contribution in [-0.4, -0.2) is 0 Å². The summed E-state index contributed by atoms with van der Waals surface area (Å²) in [7, 11) is 0. The first-order valence-electron chi connectivity index (χ1n) is 6.03. The van der Waals surface area contributed by atoms with Crippen molar-refractivity contribution in [3.8, 4) is 0 Å². The van der Waals surface area contributed by atoms with Crippen LogP contribution in [0.4, 0.5) is 0 Å². The number of rotatable bonds is 2. The van der Waals surface area contributed by atoms with Crippen molar-refractivity contribution in [2.45, 2.75) is 6.54 Å². The molecule has 0 amide bonds. The van der Waals surface area contributed by atoms with Crippen LogP contribution in [0.25, 0.3) is 10.8 Å². The molecule has 1 heterocycles. The van der Waals surface area contributed by atoms with Crippen LogP contribution in [-0.2, 0) is 6.54 Å². The lowest BCUT2D eigenvalue weighted by Gasteiger charge is -2.02. The standard InChI is InChI=1S/C16H12Br2N/c17-15-7-12(8-16(18)9-15)10-19-6-5-13-3-1-2-4-14(13)11-19/h1-9,11H,10H2/q+1. The Kier molecular flexibility index (Phi) is 3.67. The fourth-order valence-electron chi connectivity index (χ4n) is 2.19. The van der Waals surface area contributed by atoms with Crippen molar-refractivity contribution in [1.29, 1.82) is 0 Å². The Hall–Kier alpha value is -1.19. The molecule has 3 heteroatoms. The van der Waals surface area contributed by atoms with Crippen LogP contribution in [0.2, 0.25) is 0 Å². The molecule has 3 aromatic rings. The lowest BCUT2D eigenvalue weighted by atomic mass is 10.1. The lowest BCUT2D eigenvalue weighted by Crippen LogP contribution is -2.33. The first-order valence-corrected chi connectivity index (χ1v) is 7.62. The largest absolute Gasteiger partial charge is 0.200 e. The molecule has 1 aromatic heterocycles. The van der Waals surface area contributed by atoms with E-state index in [9.17, 15) is 0 Å². The second kappa shape index (κ2) is 5.43. The molecule has 0 spiro atoms.